The minimum absolute atomic E-state index is 0. The van der Waals surface area contributed by atoms with Gasteiger partial charge in [0.15, 0.2) is 5.78 Å². The van der Waals surface area contributed by atoms with Gasteiger partial charge in [-0.2, -0.15) is 0 Å². The predicted octanol–water partition coefficient (Wildman–Crippen LogP) is 6.78. The Kier molecular flexibility index (Phi) is 7.95. The SMILES string of the molecule is CC(=O)/C=C(/C)O.CC(C)(C)c1ccnc(-c2[c-]ccc3c2oc2ccccc23)c1.[Pd]. The average molecular weight is 507 g/mol. The standard InChI is InChI=1S/C21H18NO.C5H8O2.Pd/c1-21(2,3)14-11-12-22-18(13-14)17-9-6-8-16-15-7-4-5-10-19(15)23-20(16)17;1-4(6)3-5(2)7;/h4-8,10-13H,1-3H3;3,6H,1-2H3;/q-1;;/b;4-3-;. The topological polar surface area (TPSA) is 63.3 Å². The second kappa shape index (κ2) is 10.0. The Bertz CT molecular complexity index is 1230. The Morgan fingerprint density at radius 2 is 1.81 bits per heavy atom. The first kappa shape index (κ1) is 24.5. The number of carbonyl (C=O) groups is 1. The molecule has 0 amide bonds. The number of rotatable bonds is 2. The first-order valence-electron chi connectivity index (χ1n) is 9.83. The van der Waals surface area contributed by atoms with Crippen LogP contribution in [0.1, 0.15) is 40.2 Å². The van der Waals surface area contributed by atoms with Gasteiger partial charge in [-0.3, -0.25) is 4.79 Å². The maximum Gasteiger partial charge on any atom is 0.155 e. The van der Waals surface area contributed by atoms with Crippen molar-refractivity contribution in [1.82, 2.24) is 4.98 Å². The Hall–Kier alpha value is -2.74. The molecule has 0 bridgehead atoms. The monoisotopic (exact) mass is 506 g/mol. The fraction of sp³-hybridized carbons (Fsp3) is 0.231. The summed E-state index contributed by atoms with van der Waals surface area (Å²) in [4.78, 5) is 14.6. The van der Waals surface area contributed by atoms with Crippen LogP contribution in [-0.4, -0.2) is 15.9 Å². The quantitative estimate of drug-likeness (QED) is 0.141. The summed E-state index contributed by atoms with van der Waals surface area (Å²) in [5, 5.41) is 10.6. The van der Waals surface area contributed by atoms with Gasteiger partial charge in [-0.25, -0.2) is 0 Å². The number of para-hydroxylation sites is 1. The van der Waals surface area contributed by atoms with E-state index in [1.165, 1.54) is 25.5 Å². The van der Waals surface area contributed by atoms with E-state index in [1.54, 1.807) is 0 Å². The molecule has 31 heavy (non-hydrogen) atoms. The van der Waals surface area contributed by atoms with Gasteiger partial charge in [0.2, 0.25) is 0 Å². The summed E-state index contributed by atoms with van der Waals surface area (Å²) < 4.78 is 6.09. The van der Waals surface area contributed by atoms with Crippen LogP contribution in [0.2, 0.25) is 0 Å². The number of allylic oxidation sites excluding steroid dienone is 2. The molecule has 0 radical (unpaired) electrons. The minimum atomic E-state index is -0.125. The fourth-order valence-electron chi connectivity index (χ4n) is 3.21. The van der Waals surface area contributed by atoms with Crippen LogP contribution in [0.5, 0.6) is 0 Å². The number of hydrogen-bond donors (Lipinski definition) is 1. The van der Waals surface area contributed by atoms with Gasteiger partial charge in [0.25, 0.3) is 0 Å². The van der Waals surface area contributed by atoms with Crippen molar-refractivity contribution in [2.24, 2.45) is 0 Å². The first-order chi connectivity index (χ1) is 14.2. The third-order valence-corrected chi connectivity index (χ3v) is 4.63. The molecule has 2 aromatic heterocycles. The number of fused-ring (bicyclic) bond motifs is 3. The second-order valence-electron chi connectivity index (χ2n) is 8.27. The van der Waals surface area contributed by atoms with E-state index in [0.29, 0.717) is 0 Å². The Balaban J connectivity index is 0.000000373. The predicted molar refractivity (Wildman–Crippen MR) is 122 cm³/mol. The molecular formula is C26H26NO3Pd-. The zero-order valence-electron chi connectivity index (χ0n) is 18.3. The molecule has 0 unspecified atom stereocenters. The minimum Gasteiger partial charge on any atom is -0.512 e. The number of ketones is 1. The van der Waals surface area contributed by atoms with Gasteiger partial charge in [-0.15, -0.1) is 18.2 Å². The van der Waals surface area contributed by atoms with Gasteiger partial charge >= 0.3 is 0 Å². The van der Waals surface area contributed by atoms with Gasteiger partial charge in [-0.1, -0.05) is 56.0 Å². The molecule has 0 atom stereocenters. The molecule has 164 valence electrons. The molecule has 4 aromatic rings. The fourth-order valence-corrected chi connectivity index (χ4v) is 3.21. The van der Waals surface area contributed by atoms with Crippen molar-refractivity contribution < 1.29 is 34.7 Å². The van der Waals surface area contributed by atoms with Crippen molar-refractivity contribution in [2.45, 2.75) is 40.0 Å². The van der Waals surface area contributed by atoms with Crippen molar-refractivity contribution in [3.8, 4) is 11.3 Å². The zero-order chi connectivity index (χ0) is 21.9. The molecule has 0 saturated heterocycles. The molecule has 2 aromatic carbocycles. The van der Waals surface area contributed by atoms with Gasteiger partial charge in [-0.05, 0) is 42.7 Å². The van der Waals surface area contributed by atoms with E-state index < -0.39 is 0 Å². The van der Waals surface area contributed by atoms with Crippen molar-refractivity contribution in [3.63, 3.8) is 0 Å². The van der Waals surface area contributed by atoms with E-state index in [0.717, 1.165) is 33.2 Å². The van der Waals surface area contributed by atoms with E-state index in [9.17, 15) is 4.79 Å². The Labute approximate surface area is 196 Å². The van der Waals surface area contributed by atoms with Crippen molar-refractivity contribution in [2.75, 3.05) is 0 Å². The maximum absolute atomic E-state index is 10.0. The number of aliphatic hydroxyl groups is 1. The third kappa shape index (κ3) is 5.91. The molecule has 0 aliphatic heterocycles. The number of aromatic nitrogens is 1. The van der Waals surface area contributed by atoms with E-state index in [4.69, 9.17) is 9.52 Å². The molecule has 4 rings (SSSR count). The molecular weight excluding hydrogens is 481 g/mol. The molecule has 0 aliphatic rings. The molecule has 0 fully saturated rings. The van der Waals surface area contributed by atoms with E-state index in [-0.39, 0.29) is 37.4 Å². The number of furan rings is 1. The van der Waals surface area contributed by atoms with Crippen LogP contribution in [0.25, 0.3) is 33.2 Å². The molecule has 0 aliphatic carbocycles. The summed E-state index contributed by atoms with van der Waals surface area (Å²) in [6.07, 6.45) is 3.03. The zero-order valence-corrected chi connectivity index (χ0v) is 19.9. The summed E-state index contributed by atoms with van der Waals surface area (Å²) in [6.45, 7) is 9.47. The summed E-state index contributed by atoms with van der Waals surface area (Å²) in [6, 6.07) is 19.6. The van der Waals surface area contributed by atoms with E-state index in [1.807, 2.05) is 30.5 Å². The van der Waals surface area contributed by atoms with Crippen LogP contribution < -0.4 is 0 Å². The summed E-state index contributed by atoms with van der Waals surface area (Å²) in [5.41, 5.74) is 4.91. The van der Waals surface area contributed by atoms with Gasteiger partial charge in [0.05, 0.1) is 11.3 Å². The molecule has 4 nitrogen and oxygen atoms in total. The van der Waals surface area contributed by atoms with Crippen LogP contribution in [0.3, 0.4) is 0 Å². The van der Waals surface area contributed by atoms with Crippen molar-refractivity contribution in [1.29, 1.82) is 0 Å². The molecule has 2 heterocycles. The normalized spacial score (nSPS) is 11.6. The molecule has 0 spiro atoms. The number of benzene rings is 2. The van der Waals surface area contributed by atoms with Crippen molar-refractivity contribution >= 4 is 27.7 Å². The molecule has 0 saturated carbocycles. The van der Waals surface area contributed by atoms with Crippen LogP contribution in [0, 0.1) is 6.07 Å². The summed E-state index contributed by atoms with van der Waals surface area (Å²) in [5.74, 6) is -0.0625. The van der Waals surface area contributed by atoms with Crippen LogP contribution in [0.4, 0.5) is 0 Å². The number of aliphatic hydroxyl groups excluding tert-OH is 1. The van der Waals surface area contributed by atoms with Gasteiger partial charge in [0, 0.05) is 38.1 Å². The smallest absolute Gasteiger partial charge is 0.155 e. The number of pyridine rings is 1. The number of nitrogens with zero attached hydrogens (tertiary/aromatic N) is 1. The van der Waals surface area contributed by atoms with E-state index >= 15 is 0 Å². The third-order valence-electron chi connectivity index (χ3n) is 4.63. The first-order valence-corrected chi connectivity index (χ1v) is 9.83. The van der Waals surface area contributed by atoms with Crippen LogP contribution >= 0.6 is 0 Å². The van der Waals surface area contributed by atoms with Gasteiger partial charge in [0.1, 0.15) is 5.58 Å². The molecule has 1 N–H and O–H groups in total. The Morgan fingerprint density at radius 3 is 2.42 bits per heavy atom. The number of carbonyl (C=O) groups excluding carboxylic acids is 1. The van der Waals surface area contributed by atoms with Crippen molar-refractivity contribution in [3.05, 3.63) is 78.2 Å². The summed E-state index contributed by atoms with van der Waals surface area (Å²) in [7, 11) is 0. The van der Waals surface area contributed by atoms with Crippen LogP contribution in [0.15, 0.2) is 71.0 Å². The van der Waals surface area contributed by atoms with E-state index in [2.05, 4.69) is 56.1 Å². The van der Waals surface area contributed by atoms with Crippen LogP contribution in [-0.2, 0) is 30.6 Å². The average Bonchev–Trinajstić information content (AvgIpc) is 3.05. The number of hydrogen-bond acceptors (Lipinski definition) is 4. The van der Waals surface area contributed by atoms with Gasteiger partial charge < -0.3 is 14.5 Å². The molecule has 5 heteroatoms. The second-order valence-corrected chi connectivity index (χ2v) is 8.27. The Morgan fingerprint density at radius 1 is 1.10 bits per heavy atom. The largest absolute Gasteiger partial charge is 0.512 e. The summed E-state index contributed by atoms with van der Waals surface area (Å²) >= 11 is 0. The maximum atomic E-state index is 10.0.